The van der Waals surface area contributed by atoms with E-state index in [2.05, 4.69) is 14.7 Å². The van der Waals surface area contributed by atoms with Gasteiger partial charge >= 0.3 is 12.1 Å². The highest BCUT2D eigenvalue weighted by atomic mass is 32.1. The molecule has 0 bridgehead atoms. The molecular formula is C17H10F5N3O2S. The van der Waals surface area contributed by atoms with Crippen LogP contribution < -0.4 is 0 Å². The summed E-state index contributed by atoms with van der Waals surface area (Å²) in [7, 11) is 0. The monoisotopic (exact) mass is 415 g/mol. The topological polar surface area (TPSA) is 59.2 Å². The highest BCUT2D eigenvalue weighted by Crippen LogP contribution is 2.36. The predicted molar refractivity (Wildman–Crippen MR) is 87.4 cm³/mol. The van der Waals surface area contributed by atoms with Crippen molar-refractivity contribution in [2.75, 3.05) is 6.54 Å². The Labute approximate surface area is 158 Å². The minimum Gasteiger partial charge on any atom is -0.334 e. The average molecular weight is 415 g/mol. The average Bonchev–Trinajstić information content (AvgIpc) is 3.27. The Morgan fingerprint density at radius 2 is 2.00 bits per heavy atom. The van der Waals surface area contributed by atoms with Crippen molar-refractivity contribution in [2.24, 2.45) is 0 Å². The van der Waals surface area contributed by atoms with Crippen LogP contribution in [0.5, 0.6) is 0 Å². The molecule has 1 aliphatic heterocycles. The highest BCUT2D eigenvalue weighted by Gasteiger charge is 2.39. The number of nitrogens with zero attached hydrogens (tertiary/aromatic N) is 3. The van der Waals surface area contributed by atoms with Gasteiger partial charge in [0.1, 0.15) is 11.6 Å². The van der Waals surface area contributed by atoms with Gasteiger partial charge in [0.25, 0.3) is 5.91 Å². The van der Waals surface area contributed by atoms with Crippen LogP contribution in [0.1, 0.15) is 26.7 Å². The molecule has 3 aromatic rings. The Morgan fingerprint density at radius 1 is 1.21 bits per heavy atom. The molecule has 0 unspecified atom stereocenters. The number of carbonyl (C=O) groups excluding carboxylic acids is 1. The third-order valence-corrected chi connectivity index (χ3v) is 5.44. The molecule has 1 aliphatic rings. The van der Waals surface area contributed by atoms with Crippen molar-refractivity contribution in [3.63, 3.8) is 0 Å². The van der Waals surface area contributed by atoms with E-state index in [1.807, 2.05) is 0 Å². The van der Waals surface area contributed by atoms with Crippen LogP contribution in [-0.2, 0) is 19.1 Å². The molecule has 4 rings (SSSR count). The maximum absolute atomic E-state index is 13.9. The summed E-state index contributed by atoms with van der Waals surface area (Å²) in [5.41, 5.74) is 0.466. The number of rotatable bonds is 2. The highest BCUT2D eigenvalue weighted by molar-refractivity contribution is 7.15. The van der Waals surface area contributed by atoms with Crippen molar-refractivity contribution >= 4 is 17.2 Å². The number of hydrogen-bond donors (Lipinski definition) is 0. The molecule has 0 atom stereocenters. The van der Waals surface area contributed by atoms with E-state index in [0.717, 1.165) is 17.0 Å². The molecule has 5 nitrogen and oxygen atoms in total. The second kappa shape index (κ2) is 6.66. The lowest BCUT2D eigenvalue weighted by Gasteiger charge is -2.27. The van der Waals surface area contributed by atoms with E-state index in [1.165, 1.54) is 16.2 Å². The molecule has 0 saturated heterocycles. The molecule has 0 saturated carbocycles. The van der Waals surface area contributed by atoms with Gasteiger partial charge in [-0.05, 0) is 30.2 Å². The summed E-state index contributed by atoms with van der Waals surface area (Å²) in [6.45, 7) is 0.439. The van der Waals surface area contributed by atoms with Gasteiger partial charge in [0.05, 0.1) is 10.4 Å². The molecule has 1 amide bonds. The van der Waals surface area contributed by atoms with Crippen LogP contribution >= 0.6 is 11.3 Å². The van der Waals surface area contributed by atoms with Crippen LogP contribution in [0.4, 0.5) is 22.0 Å². The molecule has 2 aromatic heterocycles. The Balaban J connectivity index is 1.56. The minimum atomic E-state index is -4.73. The summed E-state index contributed by atoms with van der Waals surface area (Å²) in [6, 6.07) is 4.31. The summed E-state index contributed by atoms with van der Waals surface area (Å²) in [4.78, 5) is 18.5. The third-order valence-electron chi connectivity index (χ3n) is 4.20. The molecule has 0 fully saturated rings. The normalized spacial score (nSPS) is 14.2. The lowest BCUT2D eigenvalue weighted by atomic mass is 10.1. The first-order valence-electron chi connectivity index (χ1n) is 7.99. The maximum atomic E-state index is 13.9. The zero-order valence-corrected chi connectivity index (χ0v) is 14.7. The lowest BCUT2D eigenvalue weighted by molar-refractivity contribution is -0.159. The second-order valence-corrected chi connectivity index (χ2v) is 7.22. The zero-order valence-electron chi connectivity index (χ0n) is 13.9. The molecule has 11 heteroatoms. The van der Waals surface area contributed by atoms with Gasteiger partial charge in [-0.3, -0.25) is 4.79 Å². The molecular weight excluding hydrogens is 405 g/mol. The SMILES string of the molecule is O=C(c1ccc(F)cc1F)N1CCc2sc(-c3noc(C(F)(F)F)n3)cc2C1. The lowest BCUT2D eigenvalue weighted by Crippen LogP contribution is -2.35. The van der Waals surface area contributed by atoms with Gasteiger partial charge in [0, 0.05) is 24.0 Å². The number of fused-ring (bicyclic) bond motifs is 1. The van der Waals surface area contributed by atoms with Crippen LogP contribution in [0.25, 0.3) is 10.7 Å². The van der Waals surface area contributed by atoms with Gasteiger partial charge in [0.15, 0.2) is 0 Å². The quantitative estimate of drug-likeness (QED) is 0.586. The minimum absolute atomic E-state index is 0.144. The zero-order chi connectivity index (χ0) is 20.1. The van der Waals surface area contributed by atoms with Gasteiger partial charge in [-0.15, -0.1) is 11.3 Å². The van der Waals surface area contributed by atoms with Gasteiger partial charge < -0.3 is 9.42 Å². The second-order valence-electron chi connectivity index (χ2n) is 6.08. The number of benzene rings is 1. The fraction of sp³-hybridized carbons (Fsp3) is 0.235. The van der Waals surface area contributed by atoms with Crippen molar-refractivity contribution in [2.45, 2.75) is 19.1 Å². The van der Waals surface area contributed by atoms with Gasteiger partial charge in [-0.2, -0.15) is 18.2 Å². The number of amides is 1. The molecule has 0 spiro atoms. The Bertz CT molecular complexity index is 1060. The number of thiophene rings is 1. The van der Waals surface area contributed by atoms with E-state index in [0.29, 0.717) is 29.5 Å². The molecule has 146 valence electrons. The van der Waals surface area contributed by atoms with E-state index < -0.39 is 29.6 Å². The van der Waals surface area contributed by atoms with Crippen molar-refractivity contribution in [3.8, 4) is 10.7 Å². The van der Waals surface area contributed by atoms with Crippen LogP contribution in [0.3, 0.4) is 0 Å². The summed E-state index contributed by atoms with van der Waals surface area (Å²) in [6.07, 6.45) is -4.29. The van der Waals surface area contributed by atoms with E-state index >= 15 is 0 Å². The Hall–Kier alpha value is -2.82. The fourth-order valence-corrected chi connectivity index (χ4v) is 3.98. The van der Waals surface area contributed by atoms with Gasteiger partial charge in [-0.1, -0.05) is 5.16 Å². The number of carbonyl (C=O) groups is 1. The summed E-state index contributed by atoms with van der Waals surface area (Å²) in [5, 5.41) is 3.36. The summed E-state index contributed by atoms with van der Waals surface area (Å²) < 4.78 is 69.0. The molecule has 28 heavy (non-hydrogen) atoms. The van der Waals surface area contributed by atoms with Gasteiger partial charge in [0.2, 0.25) is 5.82 Å². The van der Waals surface area contributed by atoms with Crippen molar-refractivity contribution in [1.29, 1.82) is 0 Å². The molecule has 0 radical (unpaired) electrons. The predicted octanol–water partition coefficient (Wildman–Crippen LogP) is 4.29. The van der Waals surface area contributed by atoms with Crippen LogP contribution in [0.2, 0.25) is 0 Å². The first-order valence-corrected chi connectivity index (χ1v) is 8.81. The maximum Gasteiger partial charge on any atom is 0.471 e. The Kier molecular flexibility index (Phi) is 4.41. The van der Waals surface area contributed by atoms with E-state index in [9.17, 15) is 26.7 Å². The first kappa shape index (κ1) is 18.5. The van der Waals surface area contributed by atoms with E-state index in [1.54, 1.807) is 6.07 Å². The van der Waals surface area contributed by atoms with Gasteiger partial charge in [-0.25, -0.2) is 8.78 Å². The standard InChI is InChI=1S/C17H10F5N3O2S/c18-9-1-2-10(11(19)6-9)15(26)25-4-3-12-8(7-25)5-13(28-12)14-23-16(27-24-14)17(20,21)22/h1-2,5-6H,3-4,7H2. The largest absolute Gasteiger partial charge is 0.471 e. The van der Waals surface area contributed by atoms with E-state index in [-0.39, 0.29) is 17.9 Å². The first-order chi connectivity index (χ1) is 13.2. The van der Waals surface area contributed by atoms with Crippen LogP contribution in [0.15, 0.2) is 28.8 Å². The van der Waals surface area contributed by atoms with E-state index in [4.69, 9.17) is 0 Å². The summed E-state index contributed by atoms with van der Waals surface area (Å²) >= 11 is 1.21. The molecule has 1 aromatic carbocycles. The van der Waals surface area contributed by atoms with Crippen molar-refractivity contribution in [3.05, 3.63) is 57.8 Å². The molecule has 0 N–H and O–H groups in total. The summed E-state index contributed by atoms with van der Waals surface area (Å²) in [5.74, 6) is -3.94. The van der Waals surface area contributed by atoms with Crippen LogP contribution in [0, 0.1) is 11.6 Å². The molecule has 3 heterocycles. The van der Waals surface area contributed by atoms with Crippen molar-refractivity contribution < 1.29 is 31.3 Å². The number of alkyl halides is 3. The Morgan fingerprint density at radius 3 is 2.68 bits per heavy atom. The van der Waals surface area contributed by atoms with Crippen molar-refractivity contribution in [1.82, 2.24) is 15.0 Å². The number of aromatic nitrogens is 2. The van der Waals surface area contributed by atoms with Crippen LogP contribution in [-0.4, -0.2) is 27.5 Å². The molecule has 0 aliphatic carbocycles. The number of halogens is 5. The smallest absolute Gasteiger partial charge is 0.334 e. The third kappa shape index (κ3) is 3.37. The number of hydrogen-bond acceptors (Lipinski definition) is 5. The fourth-order valence-electron chi connectivity index (χ4n) is 2.89.